The van der Waals surface area contributed by atoms with Crippen molar-refractivity contribution in [1.82, 2.24) is 97.2 Å². The molecule has 650 valence electrons. The zero-order valence-corrected chi connectivity index (χ0v) is 69.8. The predicted molar refractivity (Wildman–Crippen MR) is 389 cm³/mol. The zero-order valence-electron chi connectivity index (χ0n) is 58.2. The van der Waals surface area contributed by atoms with Crippen LogP contribution in [-0.2, 0) is 77.0 Å². The molecule has 7 aromatic rings. The number of aromatic amines is 1. The topological polar surface area (TPSA) is 758 Å². The number of nitrogen functional groups attached to an aromatic ring is 1. The van der Waals surface area contributed by atoms with Gasteiger partial charge in [-0.25, -0.2) is 89.4 Å². The molecule has 116 heavy (non-hydrogen) atoms. The van der Waals surface area contributed by atoms with E-state index in [9.17, 15) is 99.2 Å². The van der Waals surface area contributed by atoms with Crippen molar-refractivity contribution in [2.24, 2.45) is 9.98 Å². The number of aromatic nitrogens is 18. The van der Waals surface area contributed by atoms with Crippen molar-refractivity contribution in [2.75, 3.05) is 71.4 Å². The molecular weight excluding hydrogens is 1880 g/mol. The molecule has 0 amide bonds. The minimum Gasteiger partial charge on any atom is -0.393 e. The third-order valence-electron chi connectivity index (χ3n) is 13.6. The molecule has 3 aliphatic heterocycles. The van der Waals surface area contributed by atoms with Gasteiger partial charge in [0.25, 0.3) is 0 Å². The second-order valence-electron chi connectivity index (χ2n) is 22.6. The van der Waals surface area contributed by atoms with Crippen LogP contribution in [-0.4, -0.2) is 289 Å². The fourth-order valence-electron chi connectivity index (χ4n) is 8.67. The highest BCUT2D eigenvalue weighted by Crippen LogP contribution is 2.68. The Kier molecular flexibility index (Phi) is 36.9. The number of H-pyrrole nitrogens is 1. The first-order valence-corrected chi connectivity index (χ1v) is 46.6. The summed E-state index contributed by atoms with van der Waals surface area (Å²) in [5.41, 5.74) is -3.78. The summed E-state index contributed by atoms with van der Waals surface area (Å²) >= 11 is 31.0. The van der Waals surface area contributed by atoms with E-state index in [1.807, 2.05) is 0 Å². The fourth-order valence-corrected chi connectivity index (χ4v) is 17.4. The Morgan fingerprint density at radius 1 is 0.534 bits per heavy atom. The second kappa shape index (κ2) is 42.3. The van der Waals surface area contributed by atoms with Crippen LogP contribution in [0.15, 0.2) is 112 Å². The number of anilines is 1. The molecule has 3 fully saturated rings. The van der Waals surface area contributed by atoms with Crippen molar-refractivity contribution in [1.29, 1.82) is 0 Å². The molecule has 10 rings (SSSR count). The molecule has 7 aromatic heterocycles. The normalized spacial score (nSPS) is 25.5. The molecule has 0 aromatic carbocycles. The molecule has 3 saturated heterocycles. The number of phosphoric ester groups is 2. The smallest absolute Gasteiger partial charge is 0.393 e. The molecule has 0 bridgehead atoms. The molecule has 0 spiro atoms. The highest BCUT2D eigenvalue weighted by atomic mass is 36.0. The lowest BCUT2D eigenvalue weighted by Gasteiger charge is -2.29. The number of nitrogens with zero attached hydrogens (tertiary/aromatic N) is 21. The summed E-state index contributed by atoms with van der Waals surface area (Å²) in [6.07, 6.45) is -0.737. The van der Waals surface area contributed by atoms with Crippen LogP contribution in [0.4, 0.5) is 30.6 Å². The van der Waals surface area contributed by atoms with Gasteiger partial charge in [0.1, 0.15) is 91.6 Å². The second-order valence-corrected chi connectivity index (χ2v) is 41.1. The van der Waals surface area contributed by atoms with E-state index in [0.717, 1.165) is 23.0 Å². The van der Waals surface area contributed by atoms with Crippen molar-refractivity contribution < 1.29 is 150 Å². The Hall–Kier alpha value is -5.53. The Labute approximate surface area is 674 Å². The first kappa shape index (κ1) is 101. The van der Waals surface area contributed by atoms with Crippen molar-refractivity contribution in [3.8, 4) is 0 Å². The standard InChI is InChI=1S/C13H21ClFN4O13P3.C13H18ClFN4O4.C10H16ClFN3O13P3.C6H6N9OP.C2H3N3.Cl3OP/c1-18(2)7-16-8-3-4-19(12(21)17-8)11-9(15)10(20)13(5-14,30-11)6-29-34(25,26)32-35(27,28)31-33(22,23)24;1-18(2)7-16-8-3-4-19(12(22)17-8)11-9(15)10(21)13(5-14,6-20)23-11;11-3-10(4-25-30(21,22)28-31(23,24)27-29(18,19)20)7(16)6(12)8(26-10)15-2-1-5(13)14-9(15)17;16-17(13-4-7-1-10-13,14-5-8-2-11-14)15-6-9-3-12-15;1-3-2-5-4-1;1-5(2,3)4/h3-4,7,9-11,20H,5-6H2,1-2H3,(H,25,26)(H,27,28)(H2,22,23,24);3-4,7,9-11,20-21H,5-6H2,1-2H3;1-2,6-8,16H,3-4H2,(H,21,22)(H,23,24)(H2,13,14,17)(H2,18,19,20);1-6H;1-2H,(H,3,4,5);. The average Bonchev–Trinajstić information content (AvgIpc) is 1.62. The van der Waals surface area contributed by atoms with Gasteiger partial charge in [0.05, 0.1) is 50.1 Å². The van der Waals surface area contributed by atoms with Gasteiger partial charge >= 0.3 is 76.8 Å². The van der Waals surface area contributed by atoms with Crippen molar-refractivity contribution >= 4 is 158 Å². The highest BCUT2D eigenvalue weighted by molar-refractivity contribution is 8.24. The first-order chi connectivity index (χ1) is 53.6. The maximum atomic E-state index is 14.9. The summed E-state index contributed by atoms with van der Waals surface area (Å²) in [6.45, 7) is -3.16. The van der Waals surface area contributed by atoms with Crippen LogP contribution in [0.25, 0.3) is 0 Å². The van der Waals surface area contributed by atoms with Crippen LogP contribution in [0.2, 0.25) is 0 Å². The molecule has 15 N–H and O–H groups in total. The Balaban J connectivity index is 0.000000270. The maximum Gasteiger partial charge on any atom is 0.490 e. The van der Waals surface area contributed by atoms with E-state index >= 15 is 0 Å². The third-order valence-corrected chi connectivity index (χ3v) is 24.8. The summed E-state index contributed by atoms with van der Waals surface area (Å²) in [5, 5.41) is 54.2. The first-order valence-electron chi connectivity index (χ1n) is 30.0. The van der Waals surface area contributed by atoms with E-state index in [-0.39, 0.29) is 23.3 Å². The number of phosphoric acid groups is 6. The van der Waals surface area contributed by atoms with E-state index in [1.165, 1.54) is 95.0 Å². The van der Waals surface area contributed by atoms with Gasteiger partial charge in [0, 0.05) is 46.8 Å². The number of aliphatic imine (C=N–C) groups is 2. The van der Waals surface area contributed by atoms with Crippen LogP contribution in [0.5, 0.6) is 0 Å². The Bertz CT molecular complexity index is 4880. The summed E-state index contributed by atoms with van der Waals surface area (Å²) in [7, 11) is -30.7. The lowest BCUT2D eigenvalue weighted by molar-refractivity contribution is -0.115. The molecule has 16 atom stereocenters. The Morgan fingerprint density at radius 2 is 0.862 bits per heavy atom. The number of hydrogen-bond donors (Lipinski definition) is 14. The van der Waals surface area contributed by atoms with Gasteiger partial charge < -0.3 is 89.3 Å². The van der Waals surface area contributed by atoms with Gasteiger partial charge in [-0.1, -0.05) is 0 Å². The number of nitrogens with one attached hydrogen (secondary N) is 1. The molecule has 0 saturated carbocycles. The van der Waals surface area contributed by atoms with E-state index in [0.29, 0.717) is 9.13 Å². The monoisotopic (exact) mass is 1940 g/mol. The van der Waals surface area contributed by atoms with Gasteiger partial charge in [-0.2, -0.15) is 65.9 Å². The van der Waals surface area contributed by atoms with E-state index in [1.54, 1.807) is 38.0 Å². The third kappa shape index (κ3) is 29.4. The van der Waals surface area contributed by atoms with Crippen LogP contribution < -0.4 is 22.8 Å². The zero-order chi connectivity index (χ0) is 87.6. The molecule has 16 unspecified atom stereocenters. The van der Waals surface area contributed by atoms with E-state index in [2.05, 4.69) is 130 Å². The van der Waals surface area contributed by atoms with Crippen LogP contribution in [0.1, 0.15) is 18.7 Å². The highest BCUT2D eigenvalue weighted by Gasteiger charge is 2.60. The molecule has 72 heteroatoms. The number of hydrogen-bond acceptors (Lipinski definition) is 38. The number of ether oxygens (including phenoxy) is 3. The molecular formula is C44H64Cl6F3N23O32P8. The Morgan fingerprint density at radius 3 is 1.11 bits per heavy atom. The number of aliphatic hydroxyl groups excluding tert-OH is 4. The quantitative estimate of drug-likeness (QED) is 0.0142. The molecule has 0 radical (unpaired) electrons. The minimum atomic E-state index is -5.82. The molecule has 55 nitrogen and oxygen atoms in total. The summed E-state index contributed by atoms with van der Waals surface area (Å²) in [5.74, 6) is -1.95. The SMILES string of the molecule is CN(C)C=Nc1ccn(C2OC(CCl)(COP(=O)(O)OP(=O)(O)OP(=O)(O)O)C(O)C2F)c(=O)n1.CN(C)C=Nc1ccn(C2OC(CO)(CCl)C(O)C2F)c(=O)n1.Nc1ccn(C2OC(CCl)(COP(=O)(O)OP(=O)(O)OP(=O)(O)O)C(O)C2F)c(=O)n1.O=P(Cl)(Cl)Cl.O=P(n1cncn1)(n1cncn1)n1cncn1.c1nc[nH]n1. The van der Waals surface area contributed by atoms with Crippen LogP contribution >= 0.6 is 128 Å². The lowest BCUT2D eigenvalue weighted by atomic mass is 9.99. The molecule has 0 aliphatic carbocycles. The minimum absolute atomic E-state index is 0.0230. The number of nitrogens with two attached hydrogens (primary N) is 1. The number of alkyl halides is 6. The summed E-state index contributed by atoms with van der Waals surface area (Å²) < 4.78 is 179. The average molecular weight is 1940 g/mol. The van der Waals surface area contributed by atoms with Gasteiger partial charge in [0.15, 0.2) is 48.8 Å². The summed E-state index contributed by atoms with van der Waals surface area (Å²) in [6, 6.07) is 3.76. The summed E-state index contributed by atoms with van der Waals surface area (Å²) in [4.78, 5) is 144. The van der Waals surface area contributed by atoms with Crippen LogP contribution in [0.3, 0.4) is 0 Å². The number of aliphatic hydroxyl groups is 4. The van der Waals surface area contributed by atoms with Gasteiger partial charge in [0.2, 0.25) is 0 Å². The molecule has 10 heterocycles. The van der Waals surface area contributed by atoms with Gasteiger partial charge in [-0.15, -0.1) is 34.8 Å². The van der Waals surface area contributed by atoms with Crippen molar-refractivity contribution in [3.05, 3.63) is 119 Å². The largest absolute Gasteiger partial charge is 0.490 e. The van der Waals surface area contributed by atoms with Crippen molar-refractivity contribution in [2.45, 2.75) is 72.3 Å². The van der Waals surface area contributed by atoms with Gasteiger partial charge in [-0.3, -0.25) is 32.4 Å². The van der Waals surface area contributed by atoms with Gasteiger partial charge in [-0.05, 0) is 51.9 Å². The van der Waals surface area contributed by atoms with E-state index < -0.39 is 181 Å². The number of halogens is 9. The maximum absolute atomic E-state index is 14.9. The fraction of sp³-hybridized carbons (Fsp3) is 0.500. The van der Waals surface area contributed by atoms with E-state index in [4.69, 9.17) is 79.2 Å². The van der Waals surface area contributed by atoms with Crippen LogP contribution in [0, 0.1) is 0 Å². The predicted octanol–water partition coefficient (Wildman–Crippen LogP) is 1.18. The van der Waals surface area contributed by atoms with Crippen molar-refractivity contribution in [3.63, 3.8) is 0 Å². The number of rotatable bonds is 28. The molecule has 3 aliphatic rings. The lowest BCUT2D eigenvalue weighted by Crippen LogP contribution is -2.47.